The molecule has 20 heavy (non-hydrogen) atoms. The summed E-state index contributed by atoms with van der Waals surface area (Å²) < 4.78 is 5.31. The van der Waals surface area contributed by atoms with Crippen LogP contribution in [0, 0.1) is 0 Å². The molecule has 1 aliphatic heterocycles. The lowest BCUT2D eigenvalue weighted by molar-refractivity contribution is 0.137. The number of aromatic nitrogens is 2. The van der Waals surface area contributed by atoms with E-state index in [-0.39, 0.29) is 0 Å². The largest absolute Gasteiger partial charge is 0.497 e. The van der Waals surface area contributed by atoms with Gasteiger partial charge in [0, 0.05) is 12.7 Å². The van der Waals surface area contributed by atoms with Gasteiger partial charge in [0.05, 0.1) is 18.8 Å². The third kappa shape index (κ3) is 2.85. The predicted molar refractivity (Wildman–Crippen MR) is 78.6 cm³/mol. The van der Waals surface area contributed by atoms with E-state index in [2.05, 4.69) is 39.4 Å². The minimum absolute atomic E-state index is 0.456. The number of likely N-dealkylation sites (tertiary alicyclic amines) is 1. The SMILES string of the molecule is COc1cccc(CN2CCCC[C@@H]2c2ccn[nH]2)c1. The van der Waals surface area contributed by atoms with Crippen LogP contribution in [0.4, 0.5) is 0 Å². The Labute approximate surface area is 119 Å². The van der Waals surface area contributed by atoms with Gasteiger partial charge in [0.2, 0.25) is 0 Å². The smallest absolute Gasteiger partial charge is 0.119 e. The Balaban J connectivity index is 1.76. The number of methoxy groups -OCH3 is 1. The van der Waals surface area contributed by atoms with Crippen molar-refractivity contribution in [3.8, 4) is 5.75 Å². The highest BCUT2D eigenvalue weighted by molar-refractivity contribution is 5.28. The predicted octanol–water partition coefficient (Wildman–Crippen LogP) is 3.15. The molecule has 0 aliphatic carbocycles. The first-order valence-electron chi connectivity index (χ1n) is 7.23. The van der Waals surface area contributed by atoms with E-state index in [4.69, 9.17) is 4.74 Å². The van der Waals surface area contributed by atoms with Crippen LogP contribution in [0.2, 0.25) is 0 Å². The second-order valence-electron chi connectivity index (χ2n) is 5.35. The Kier molecular flexibility index (Phi) is 4.02. The van der Waals surface area contributed by atoms with Gasteiger partial charge < -0.3 is 4.74 Å². The van der Waals surface area contributed by atoms with Crippen molar-refractivity contribution in [1.29, 1.82) is 0 Å². The summed E-state index contributed by atoms with van der Waals surface area (Å²) in [4.78, 5) is 2.53. The lowest BCUT2D eigenvalue weighted by atomic mass is 9.98. The van der Waals surface area contributed by atoms with E-state index in [1.165, 1.54) is 30.5 Å². The van der Waals surface area contributed by atoms with Gasteiger partial charge in [-0.1, -0.05) is 18.6 Å². The lowest BCUT2D eigenvalue weighted by Gasteiger charge is -2.35. The third-order valence-electron chi connectivity index (χ3n) is 4.01. The molecule has 1 aliphatic rings. The van der Waals surface area contributed by atoms with E-state index in [0.717, 1.165) is 18.8 Å². The molecular weight excluding hydrogens is 250 g/mol. The molecule has 3 rings (SSSR count). The van der Waals surface area contributed by atoms with Gasteiger partial charge in [-0.15, -0.1) is 0 Å². The van der Waals surface area contributed by atoms with Crippen LogP contribution in [0.5, 0.6) is 5.75 Å². The number of rotatable bonds is 4. The molecule has 106 valence electrons. The normalized spacial score (nSPS) is 19.9. The van der Waals surface area contributed by atoms with Crippen molar-refractivity contribution in [3.63, 3.8) is 0 Å². The zero-order valence-corrected chi connectivity index (χ0v) is 11.9. The standard InChI is InChI=1S/C16H21N3O/c1-20-14-6-4-5-13(11-14)12-19-10-3-2-7-16(19)15-8-9-17-18-15/h4-6,8-9,11,16H,2-3,7,10,12H2,1H3,(H,17,18)/t16-/m1/s1. The van der Waals surface area contributed by atoms with E-state index in [9.17, 15) is 0 Å². The number of aromatic amines is 1. The van der Waals surface area contributed by atoms with Crippen LogP contribution in [-0.4, -0.2) is 28.8 Å². The molecule has 4 heteroatoms. The number of nitrogens with zero attached hydrogens (tertiary/aromatic N) is 2. The van der Waals surface area contributed by atoms with Crippen molar-refractivity contribution in [2.75, 3.05) is 13.7 Å². The van der Waals surface area contributed by atoms with Crippen LogP contribution in [0.3, 0.4) is 0 Å². The van der Waals surface area contributed by atoms with Gasteiger partial charge in [0.1, 0.15) is 5.75 Å². The Hall–Kier alpha value is -1.81. The summed E-state index contributed by atoms with van der Waals surface area (Å²) >= 11 is 0. The van der Waals surface area contributed by atoms with E-state index in [1.54, 1.807) is 7.11 Å². The van der Waals surface area contributed by atoms with Crippen LogP contribution < -0.4 is 4.74 Å². The number of benzene rings is 1. The molecule has 0 amide bonds. The molecule has 2 aromatic rings. The Morgan fingerprint density at radius 1 is 1.35 bits per heavy atom. The van der Waals surface area contributed by atoms with Crippen molar-refractivity contribution in [2.45, 2.75) is 31.8 Å². The number of H-pyrrole nitrogens is 1. The summed E-state index contributed by atoms with van der Waals surface area (Å²) in [5, 5.41) is 7.22. The highest BCUT2D eigenvalue weighted by Crippen LogP contribution is 2.31. The van der Waals surface area contributed by atoms with Crippen molar-refractivity contribution in [1.82, 2.24) is 15.1 Å². The monoisotopic (exact) mass is 271 g/mol. The summed E-state index contributed by atoms with van der Waals surface area (Å²) in [7, 11) is 1.72. The fraction of sp³-hybridized carbons (Fsp3) is 0.438. The second-order valence-corrected chi connectivity index (χ2v) is 5.35. The molecule has 1 atom stereocenters. The van der Waals surface area contributed by atoms with Crippen molar-refractivity contribution in [3.05, 3.63) is 47.8 Å². The highest BCUT2D eigenvalue weighted by Gasteiger charge is 2.24. The molecular formula is C16H21N3O. The van der Waals surface area contributed by atoms with Gasteiger partial charge in [0.15, 0.2) is 0 Å². The maximum Gasteiger partial charge on any atom is 0.119 e. The topological polar surface area (TPSA) is 41.1 Å². The van der Waals surface area contributed by atoms with Crippen LogP contribution in [-0.2, 0) is 6.54 Å². The highest BCUT2D eigenvalue weighted by atomic mass is 16.5. The lowest BCUT2D eigenvalue weighted by Crippen LogP contribution is -2.33. The van der Waals surface area contributed by atoms with Gasteiger partial charge in [-0.05, 0) is 43.1 Å². The zero-order chi connectivity index (χ0) is 13.8. The molecule has 1 aromatic carbocycles. The first-order valence-corrected chi connectivity index (χ1v) is 7.23. The minimum atomic E-state index is 0.456. The van der Waals surface area contributed by atoms with Gasteiger partial charge >= 0.3 is 0 Å². The van der Waals surface area contributed by atoms with Crippen LogP contribution in [0.1, 0.15) is 36.6 Å². The summed E-state index contributed by atoms with van der Waals surface area (Å²) in [5.74, 6) is 0.928. The quantitative estimate of drug-likeness (QED) is 0.928. The first kappa shape index (κ1) is 13.2. The second kappa shape index (κ2) is 6.09. The Morgan fingerprint density at radius 2 is 2.30 bits per heavy atom. The molecule has 1 aromatic heterocycles. The Morgan fingerprint density at radius 3 is 3.10 bits per heavy atom. The van der Waals surface area contributed by atoms with Crippen LogP contribution >= 0.6 is 0 Å². The molecule has 2 heterocycles. The minimum Gasteiger partial charge on any atom is -0.497 e. The number of hydrogen-bond donors (Lipinski definition) is 1. The first-order chi connectivity index (χ1) is 9.86. The summed E-state index contributed by atoms with van der Waals surface area (Å²) in [6, 6.07) is 10.9. The number of hydrogen-bond acceptors (Lipinski definition) is 3. The fourth-order valence-corrected chi connectivity index (χ4v) is 2.99. The average molecular weight is 271 g/mol. The molecule has 1 saturated heterocycles. The molecule has 1 N–H and O–H groups in total. The maximum absolute atomic E-state index is 5.31. The van der Waals surface area contributed by atoms with Crippen LogP contribution in [0.15, 0.2) is 36.5 Å². The fourth-order valence-electron chi connectivity index (χ4n) is 2.99. The maximum atomic E-state index is 5.31. The van der Waals surface area contributed by atoms with E-state index < -0.39 is 0 Å². The molecule has 0 unspecified atom stereocenters. The van der Waals surface area contributed by atoms with Gasteiger partial charge in [-0.25, -0.2) is 0 Å². The Bertz CT molecular complexity index is 538. The van der Waals surface area contributed by atoms with Crippen molar-refractivity contribution in [2.24, 2.45) is 0 Å². The zero-order valence-electron chi connectivity index (χ0n) is 11.9. The van der Waals surface area contributed by atoms with E-state index in [1.807, 2.05) is 12.3 Å². The van der Waals surface area contributed by atoms with E-state index in [0.29, 0.717) is 6.04 Å². The van der Waals surface area contributed by atoms with E-state index >= 15 is 0 Å². The molecule has 0 spiro atoms. The molecule has 0 saturated carbocycles. The van der Waals surface area contributed by atoms with Gasteiger partial charge in [0.25, 0.3) is 0 Å². The number of ether oxygens (including phenoxy) is 1. The van der Waals surface area contributed by atoms with Gasteiger partial charge in [-0.2, -0.15) is 5.10 Å². The van der Waals surface area contributed by atoms with Crippen molar-refractivity contribution >= 4 is 0 Å². The van der Waals surface area contributed by atoms with Crippen molar-refractivity contribution < 1.29 is 4.74 Å². The molecule has 1 fully saturated rings. The average Bonchev–Trinajstić information content (AvgIpc) is 3.02. The number of nitrogens with one attached hydrogen (secondary N) is 1. The summed E-state index contributed by atoms with van der Waals surface area (Å²) in [6.45, 7) is 2.10. The summed E-state index contributed by atoms with van der Waals surface area (Å²) in [5.41, 5.74) is 2.53. The third-order valence-corrected chi connectivity index (χ3v) is 4.01. The van der Waals surface area contributed by atoms with Gasteiger partial charge in [-0.3, -0.25) is 10.00 Å². The summed E-state index contributed by atoms with van der Waals surface area (Å²) in [6.07, 6.45) is 5.60. The molecule has 4 nitrogen and oxygen atoms in total. The van der Waals surface area contributed by atoms with Crippen LogP contribution in [0.25, 0.3) is 0 Å². The molecule has 0 bridgehead atoms. The number of piperidine rings is 1. The molecule has 0 radical (unpaired) electrons.